The normalized spacial score (nSPS) is 10.4. The second-order valence-electron chi connectivity index (χ2n) is 2.81. The average molecular weight is 208 g/mol. The summed E-state index contributed by atoms with van der Waals surface area (Å²) in [5, 5.41) is 0. The molecule has 0 aliphatic heterocycles. The number of hydrogen-bond donors (Lipinski definition) is 0. The van der Waals surface area contributed by atoms with Crippen LogP contribution in [0.15, 0.2) is 39.6 Å². The first-order chi connectivity index (χ1) is 6.70. The van der Waals surface area contributed by atoms with E-state index in [-0.39, 0.29) is 10.5 Å². The summed E-state index contributed by atoms with van der Waals surface area (Å²) in [6.45, 7) is 0. The minimum atomic E-state index is -0.277. The Kier molecular flexibility index (Phi) is 2.09. The highest BCUT2D eigenvalue weighted by molar-refractivity contribution is 7.71. The molecule has 0 saturated carbocycles. The standard InChI is InChI=1S/C9H8N2O2S/c1-10-8(12)11(9(14)13-10)7-5-3-2-4-6-7/h2-6H,1H3. The lowest BCUT2D eigenvalue weighted by atomic mass is 10.3. The third-order valence-corrected chi connectivity index (χ3v) is 2.13. The number of aryl methyl sites for hydroxylation is 1. The molecule has 0 spiro atoms. The fourth-order valence-corrected chi connectivity index (χ4v) is 1.50. The highest BCUT2D eigenvalue weighted by atomic mass is 32.1. The van der Waals surface area contributed by atoms with E-state index in [2.05, 4.69) is 0 Å². The van der Waals surface area contributed by atoms with E-state index in [9.17, 15) is 4.79 Å². The Morgan fingerprint density at radius 1 is 1.29 bits per heavy atom. The number of benzene rings is 1. The van der Waals surface area contributed by atoms with Crippen molar-refractivity contribution in [2.24, 2.45) is 7.05 Å². The van der Waals surface area contributed by atoms with Crippen LogP contribution in [0.4, 0.5) is 0 Å². The first-order valence-corrected chi connectivity index (χ1v) is 4.46. The summed E-state index contributed by atoms with van der Waals surface area (Å²) in [5.74, 6) is 0. The van der Waals surface area contributed by atoms with E-state index in [0.29, 0.717) is 5.69 Å². The largest absolute Gasteiger partial charge is 0.365 e. The topological polar surface area (TPSA) is 40.1 Å². The number of hydrogen-bond acceptors (Lipinski definition) is 3. The van der Waals surface area contributed by atoms with Gasteiger partial charge in [-0.05, 0) is 24.4 Å². The second-order valence-corrected chi connectivity index (χ2v) is 3.16. The van der Waals surface area contributed by atoms with Gasteiger partial charge in [-0.25, -0.2) is 9.36 Å². The number of rotatable bonds is 1. The maximum atomic E-state index is 11.6. The van der Waals surface area contributed by atoms with E-state index in [1.54, 1.807) is 12.1 Å². The maximum absolute atomic E-state index is 11.6. The molecule has 0 aliphatic carbocycles. The van der Waals surface area contributed by atoms with Crippen LogP contribution in [-0.2, 0) is 7.05 Å². The SMILES string of the molecule is Cn1oc(=S)n(-c2ccccc2)c1=O. The van der Waals surface area contributed by atoms with Gasteiger partial charge in [0.2, 0.25) is 0 Å². The molecular formula is C9H8N2O2S. The molecule has 1 aromatic heterocycles. The van der Waals surface area contributed by atoms with Gasteiger partial charge in [-0.2, -0.15) is 4.74 Å². The molecule has 5 heteroatoms. The van der Waals surface area contributed by atoms with Crippen LogP contribution < -0.4 is 5.69 Å². The molecule has 0 unspecified atom stereocenters. The van der Waals surface area contributed by atoms with Crippen LogP contribution in [-0.4, -0.2) is 9.31 Å². The van der Waals surface area contributed by atoms with E-state index in [1.165, 1.54) is 11.6 Å². The Morgan fingerprint density at radius 2 is 1.93 bits per heavy atom. The lowest BCUT2D eigenvalue weighted by Crippen LogP contribution is -2.20. The van der Waals surface area contributed by atoms with Crippen LogP contribution in [0, 0.1) is 4.84 Å². The van der Waals surface area contributed by atoms with Gasteiger partial charge >= 0.3 is 10.5 Å². The van der Waals surface area contributed by atoms with Crippen molar-refractivity contribution in [3.8, 4) is 5.69 Å². The lowest BCUT2D eigenvalue weighted by molar-refractivity contribution is 0.288. The predicted molar refractivity (Wildman–Crippen MR) is 54.1 cm³/mol. The van der Waals surface area contributed by atoms with Gasteiger partial charge < -0.3 is 4.52 Å². The fourth-order valence-electron chi connectivity index (χ4n) is 1.21. The molecule has 2 aromatic rings. The average Bonchev–Trinajstić information content (AvgIpc) is 2.43. The zero-order chi connectivity index (χ0) is 10.1. The van der Waals surface area contributed by atoms with Gasteiger partial charge in [-0.3, -0.25) is 0 Å². The molecule has 0 saturated heterocycles. The van der Waals surface area contributed by atoms with Crippen molar-refractivity contribution >= 4 is 12.2 Å². The van der Waals surface area contributed by atoms with Crippen molar-refractivity contribution < 1.29 is 4.52 Å². The molecule has 1 heterocycles. The smallest absolute Gasteiger partial charge is 0.344 e. The Bertz CT molecular complexity index is 550. The predicted octanol–water partition coefficient (Wildman–Crippen LogP) is 1.50. The van der Waals surface area contributed by atoms with Gasteiger partial charge in [0.1, 0.15) is 0 Å². The van der Waals surface area contributed by atoms with Crippen LogP contribution in [0.5, 0.6) is 0 Å². The van der Waals surface area contributed by atoms with E-state index in [1.807, 2.05) is 18.2 Å². The van der Waals surface area contributed by atoms with Gasteiger partial charge in [0, 0.05) is 0 Å². The van der Waals surface area contributed by atoms with Crippen LogP contribution >= 0.6 is 12.2 Å². The molecule has 0 fully saturated rings. The fraction of sp³-hybridized carbons (Fsp3) is 0.111. The molecule has 0 amide bonds. The third kappa shape index (κ3) is 1.31. The van der Waals surface area contributed by atoms with Gasteiger partial charge in [0.15, 0.2) is 0 Å². The van der Waals surface area contributed by atoms with Crippen molar-refractivity contribution in [1.29, 1.82) is 0 Å². The summed E-state index contributed by atoms with van der Waals surface area (Å²) in [5.41, 5.74) is 0.438. The first-order valence-electron chi connectivity index (χ1n) is 4.05. The van der Waals surface area contributed by atoms with E-state index in [0.717, 1.165) is 4.74 Å². The molecule has 14 heavy (non-hydrogen) atoms. The summed E-state index contributed by atoms with van der Waals surface area (Å²) < 4.78 is 7.43. The highest BCUT2D eigenvalue weighted by Crippen LogP contribution is 2.04. The summed E-state index contributed by atoms with van der Waals surface area (Å²) >= 11 is 4.92. The van der Waals surface area contributed by atoms with Gasteiger partial charge in [0.05, 0.1) is 12.7 Å². The van der Waals surface area contributed by atoms with Gasteiger partial charge in [-0.1, -0.05) is 18.2 Å². The molecule has 0 bridgehead atoms. The number of aromatic nitrogens is 2. The van der Waals surface area contributed by atoms with Crippen LogP contribution in [0.2, 0.25) is 0 Å². The molecule has 0 N–H and O–H groups in total. The Hall–Kier alpha value is -1.62. The zero-order valence-electron chi connectivity index (χ0n) is 7.51. The molecule has 4 nitrogen and oxygen atoms in total. The van der Waals surface area contributed by atoms with Crippen LogP contribution in [0.3, 0.4) is 0 Å². The summed E-state index contributed by atoms with van der Waals surface area (Å²) in [4.78, 5) is 11.7. The monoisotopic (exact) mass is 208 g/mol. The zero-order valence-corrected chi connectivity index (χ0v) is 8.32. The summed E-state index contributed by atoms with van der Waals surface area (Å²) in [7, 11) is 1.53. The van der Waals surface area contributed by atoms with Crippen molar-refractivity contribution in [3.63, 3.8) is 0 Å². The molecular weight excluding hydrogens is 200 g/mol. The lowest BCUT2D eigenvalue weighted by Gasteiger charge is -1.96. The second kappa shape index (κ2) is 3.26. The van der Waals surface area contributed by atoms with Crippen molar-refractivity contribution in [2.75, 3.05) is 0 Å². The maximum Gasteiger partial charge on any atom is 0.365 e. The number of nitrogens with zero attached hydrogens (tertiary/aromatic N) is 2. The molecule has 1 aromatic carbocycles. The van der Waals surface area contributed by atoms with Crippen LogP contribution in [0.1, 0.15) is 0 Å². The van der Waals surface area contributed by atoms with Crippen LogP contribution in [0.25, 0.3) is 5.69 Å². The summed E-state index contributed by atoms with van der Waals surface area (Å²) in [6.07, 6.45) is 0. The minimum Gasteiger partial charge on any atom is -0.344 e. The molecule has 0 atom stereocenters. The third-order valence-electron chi connectivity index (χ3n) is 1.87. The van der Waals surface area contributed by atoms with Crippen molar-refractivity contribution in [3.05, 3.63) is 45.7 Å². The molecule has 2 rings (SSSR count). The highest BCUT2D eigenvalue weighted by Gasteiger charge is 2.06. The molecule has 0 radical (unpaired) electrons. The van der Waals surface area contributed by atoms with Crippen molar-refractivity contribution in [1.82, 2.24) is 9.31 Å². The Labute approximate surface area is 85.0 Å². The quantitative estimate of drug-likeness (QED) is 0.667. The molecule has 72 valence electrons. The number of para-hydroxylation sites is 1. The molecule has 0 aliphatic rings. The van der Waals surface area contributed by atoms with E-state index < -0.39 is 0 Å². The first kappa shape index (κ1) is 8.96. The van der Waals surface area contributed by atoms with E-state index >= 15 is 0 Å². The summed E-state index contributed by atoms with van der Waals surface area (Å²) in [6, 6.07) is 9.14. The van der Waals surface area contributed by atoms with Gasteiger partial charge in [-0.15, -0.1) is 0 Å². The van der Waals surface area contributed by atoms with E-state index in [4.69, 9.17) is 16.7 Å². The van der Waals surface area contributed by atoms with Crippen molar-refractivity contribution in [2.45, 2.75) is 0 Å². The Balaban J connectivity index is 2.75. The Morgan fingerprint density at radius 3 is 2.43 bits per heavy atom. The minimum absolute atomic E-state index is 0.156. The van der Waals surface area contributed by atoms with Gasteiger partial charge in [0.25, 0.3) is 0 Å².